The lowest BCUT2D eigenvalue weighted by Gasteiger charge is -2.37. The van der Waals surface area contributed by atoms with Gasteiger partial charge in [-0.15, -0.1) is 0 Å². The summed E-state index contributed by atoms with van der Waals surface area (Å²) in [6.45, 7) is 2.42. The highest BCUT2D eigenvalue weighted by atomic mass is 14.7. The zero-order valence-electron chi connectivity index (χ0n) is 10.7. The highest BCUT2D eigenvalue weighted by Crippen LogP contribution is 2.51. The maximum Gasteiger partial charge on any atom is 0.00984 e. The highest BCUT2D eigenvalue weighted by molar-refractivity contribution is 4.96. The summed E-state index contributed by atoms with van der Waals surface area (Å²) in [6, 6.07) is 0.540. The van der Waals surface area contributed by atoms with Crippen molar-refractivity contribution >= 4 is 0 Å². The van der Waals surface area contributed by atoms with E-state index in [4.69, 9.17) is 5.73 Å². The van der Waals surface area contributed by atoms with Crippen LogP contribution in [0, 0.1) is 29.6 Å². The molecule has 0 spiro atoms. The SMILES string of the molecule is CC1CCCC(C(N)C2CC3CCC2C3)C1. The number of nitrogens with two attached hydrogens (primary N) is 1. The molecule has 6 atom stereocenters. The minimum atomic E-state index is 0.540. The minimum absolute atomic E-state index is 0.540. The molecular weight excluding hydrogens is 194 g/mol. The van der Waals surface area contributed by atoms with Gasteiger partial charge in [0.2, 0.25) is 0 Å². The molecule has 6 unspecified atom stereocenters. The molecule has 92 valence electrons. The molecule has 0 aromatic heterocycles. The van der Waals surface area contributed by atoms with Crippen LogP contribution in [0.1, 0.15) is 58.3 Å². The maximum atomic E-state index is 6.60. The van der Waals surface area contributed by atoms with Crippen LogP contribution in [0.15, 0.2) is 0 Å². The predicted molar refractivity (Wildman–Crippen MR) is 68.0 cm³/mol. The molecule has 1 heteroatoms. The van der Waals surface area contributed by atoms with E-state index < -0.39 is 0 Å². The van der Waals surface area contributed by atoms with Crippen LogP contribution in [0.5, 0.6) is 0 Å². The molecule has 16 heavy (non-hydrogen) atoms. The lowest BCUT2D eigenvalue weighted by molar-refractivity contribution is 0.169. The van der Waals surface area contributed by atoms with Crippen molar-refractivity contribution in [2.75, 3.05) is 0 Å². The fourth-order valence-corrected chi connectivity index (χ4v) is 4.95. The third kappa shape index (κ3) is 1.92. The van der Waals surface area contributed by atoms with Gasteiger partial charge in [0.1, 0.15) is 0 Å². The summed E-state index contributed by atoms with van der Waals surface area (Å²) in [6.07, 6.45) is 11.7. The molecule has 0 saturated heterocycles. The van der Waals surface area contributed by atoms with E-state index >= 15 is 0 Å². The van der Waals surface area contributed by atoms with Gasteiger partial charge in [-0.25, -0.2) is 0 Å². The van der Waals surface area contributed by atoms with Gasteiger partial charge in [0.25, 0.3) is 0 Å². The second-order valence-corrected chi connectivity index (χ2v) is 6.95. The molecule has 3 aliphatic carbocycles. The van der Waals surface area contributed by atoms with Gasteiger partial charge in [-0.05, 0) is 61.7 Å². The monoisotopic (exact) mass is 221 g/mol. The zero-order chi connectivity index (χ0) is 11.1. The van der Waals surface area contributed by atoms with Gasteiger partial charge in [-0.1, -0.05) is 26.2 Å². The highest BCUT2D eigenvalue weighted by Gasteiger charge is 2.44. The number of hydrogen-bond donors (Lipinski definition) is 1. The van der Waals surface area contributed by atoms with Gasteiger partial charge in [0.05, 0.1) is 0 Å². The van der Waals surface area contributed by atoms with Gasteiger partial charge in [0, 0.05) is 6.04 Å². The zero-order valence-corrected chi connectivity index (χ0v) is 10.7. The van der Waals surface area contributed by atoms with E-state index in [2.05, 4.69) is 6.92 Å². The fraction of sp³-hybridized carbons (Fsp3) is 1.00. The van der Waals surface area contributed by atoms with Crippen molar-refractivity contribution < 1.29 is 0 Å². The van der Waals surface area contributed by atoms with E-state index in [1.54, 1.807) is 0 Å². The van der Waals surface area contributed by atoms with Crippen molar-refractivity contribution in [1.82, 2.24) is 0 Å². The van der Waals surface area contributed by atoms with E-state index in [1.807, 2.05) is 0 Å². The van der Waals surface area contributed by atoms with Crippen molar-refractivity contribution in [3.05, 3.63) is 0 Å². The summed E-state index contributed by atoms with van der Waals surface area (Å²) in [5.41, 5.74) is 6.60. The third-order valence-electron chi connectivity index (χ3n) is 5.81. The van der Waals surface area contributed by atoms with E-state index in [0.717, 1.165) is 29.6 Å². The Hall–Kier alpha value is -0.0400. The van der Waals surface area contributed by atoms with Crippen LogP contribution in [-0.4, -0.2) is 6.04 Å². The maximum absolute atomic E-state index is 6.60. The van der Waals surface area contributed by atoms with Crippen molar-refractivity contribution in [3.8, 4) is 0 Å². The molecule has 0 aromatic rings. The molecule has 0 amide bonds. The van der Waals surface area contributed by atoms with E-state index in [9.17, 15) is 0 Å². The first-order chi connectivity index (χ1) is 7.74. The molecule has 3 rings (SSSR count). The molecule has 0 aliphatic heterocycles. The second kappa shape index (κ2) is 4.33. The van der Waals surface area contributed by atoms with Crippen molar-refractivity contribution in [2.24, 2.45) is 35.3 Å². The lowest BCUT2D eigenvalue weighted by atomic mass is 9.71. The van der Waals surface area contributed by atoms with Crippen molar-refractivity contribution in [3.63, 3.8) is 0 Å². The van der Waals surface area contributed by atoms with Gasteiger partial charge in [-0.2, -0.15) is 0 Å². The summed E-state index contributed by atoms with van der Waals surface area (Å²) < 4.78 is 0. The Morgan fingerprint density at radius 2 is 1.88 bits per heavy atom. The largest absolute Gasteiger partial charge is 0.327 e. The van der Waals surface area contributed by atoms with Gasteiger partial charge in [0.15, 0.2) is 0 Å². The van der Waals surface area contributed by atoms with Crippen LogP contribution in [-0.2, 0) is 0 Å². The topological polar surface area (TPSA) is 26.0 Å². The third-order valence-corrected chi connectivity index (χ3v) is 5.81. The fourth-order valence-electron chi connectivity index (χ4n) is 4.95. The van der Waals surface area contributed by atoms with Gasteiger partial charge < -0.3 is 5.73 Å². The van der Waals surface area contributed by atoms with E-state index in [0.29, 0.717) is 6.04 Å². The normalized spacial score (nSPS) is 49.5. The molecular formula is C15H27N. The van der Waals surface area contributed by atoms with E-state index in [1.165, 1.54) is 51.4 Å². The number of rotatable bonds is 2. The lowest BCUT2D eigenvalue weighted by Crippen LogP contribution is -2.41. The van der Waals surface area contributed by atoms with Crippen LogP contribution in [0.25, 0.3) is 0 Å². The van der Waals surface area contributed by atoms with Crippen LogP contribution in [0.3, 0.4) is 0 Å². The van der Waals surface area contributed by atoms with Crippen LogP contribution in [0.2, 0.25) is 0 Å². The summed E-state index contributed by atoms with van der Waals surface area (Å²) in [7, 11) is 0. The van der Waals surface area contributed by atoms with Crippen molar-refractivity contribution in [2.45, 2.75) is 64.3 Å². The molecule has 1 nitrogen and oxygen atoms in total. The van der Waals surface area contributed by atoms with Gasteiger partial charge >= 0.3 is 0 Å². The smallest absolute Gasteiger partial charge is 0.00984 e. The first-order valence-electron chi connectivity index (χ1n) is 7.49. The molecule has 0 radical (unpaired) electrons. The Balaban J connectivity index is 1.61. The molecule has 2 bridgehead atoms. The Morgan fingerprint density at radius 1 is 1.00 bits per heavy atom. The first-order valence-corrected chi connectivity index (χ1v) is 7.49. The number of fused-ring (bicyclic) bond motifs is 2. The molecule has 3 saturated carbocycles. The van der Waals surface area contributed by atoms with Gasteiger partial charge in [-0.3, -0.25) is 0 Å². The average Bonchev–Trinajstić information content (AvgIpc) is 2.89. The summed E-state index contributed by atoms with van der Waals surface area (Å²) in [5.74, 6) is 4.75. The summed E-state index contributed by atoms with van der Waals surface area (Å²) in [4.78, 5) is 0. The average molecular weight is 221 g/mol. The predicted octanol–water partition coefficient (Wildman–Crippen LogP) is 3.58. The number of hydrogen-bond acceptors (Lipinski definition) is 1. The second-order valence-electron chi connectivity index (χ2n) is 6.95. The van der Waals surface area contributed by atoms with Crippen LogP contribution >= 0.6 is 0 Å². The quantitative estimate of drug-likeness (QED) is 0.758. The van der Waals surface area contributed by atoms with Crippen LogP contribution < -0.4 is 5.73 Å². The Kier molecular flexibility index (Phi) is 2.99. The molecule has 0 heterocycles. The minimum Gasteiger partial charge on any atom is -0.327 e. The molecule has 0 aromatic carbocycles. The molecule has 3 fully saturated rings. The van der Waals surface area contributed by atoms with Crippen LogP contribution in [0.4, 0.5) is 0 Å². The molecule has 2 N–H and O–H groups in total. The Morgan fingerprint density at radius 3 is 2.50 bits per heavy atom. The molecule has 3 aliphatic rings. The van der Waals surface area contributed by atoms with E-state index in [-0.39, 0.29) is 0 Å². The van der Waals surface area contributed by atoms with Crippen molar-refractivity contribution in [1.29, 1.82) is 0 Å². The Bertz CT molecular complexity index is 250. The summed E-state index contributed by atoms with van der Waals surface area (Å²) >= 11 is 0. The Labute approximate surface area is 100 Å². The first kappa shape index (κ1) is 11.1. The standard InChI is InChI=1S/C15H27N/c1-10-3-2-4-13(7-10)15(16)14-9-11-5-6-12(14)8-11/h10-15H,2-9,16H2,1H3. The summed E-state index contributed by atoms with van der Waals surface area (Å²) in [5, 5.41) is 0.